The van der Waals surface area contributed by atoms with E-state index in [1.165, 1.54) is 0 Å². The molecule has 0 unspecified atom stereocenters. The summed E-state index contributed by atoms with van der Waals surface area (Å²) in [5, 5.41) is 11.7. The van der Waals surface area contributed by atoms with Crippen LogP contribution < -0.4 is 5.32 Å². The molecule has 0 saturated heterocycles. The van der Waals surface area contributed by atoms with Crippen LogP contribution in [0.25, 0.3) is 11.1 Å². The average molecular weight is 363 g/mol. The van der Waals surface area contributed by atoms with E-state index in [0.29, 0.717) is 0 Å². The highest BCUT2D eigenvalue weighted by Crippen LogP contribution is 2.44. The molecular formula is C22H21NO4. The fourth-order valence-corrected chi connectivity index (χ4v) is 3.48. The van der Waals surface area contributed by atoms with Gasteiger partial charge in [0.2, 0.25) is 0 Å². The third-order valence-electron chi connectivity index (χ3n) is 4.76. The SMILES string of the molecule is CC#C[C@@H](C)[C@@H](NC(=O)OCC1c2ccccc2-c2ccccc21)C(=O)O. The van der Waals surface area contributed by atoms with Gasteiger partial charge in [0.05, 0.1) is 0 Å². The number of alkyl carbamates (subject to hydrolysis) is 1. The molecule has 2 N–H and O–H groups in total. The molecule has 2 aromatic carbocycles. The monoisotopic (exact) mass is 363 g/mol. The Bertz CT molecular complexity index is 880. The molecule has 5 nitrogen and oxygen atoms in total. The molecule has 0 radical (unpaired) electrons. The van der Waals surface area contributed by atoms with E-state index >= 15 is 0 Å². The highest BCUT2D eigenvalue weighted by molar-refractivity contribution is 5.81. The molecule has 0 aromatic heterocycles. The van der Waals surface area contributed by atoms with Gasteiger partial charge in [0, 0.05) is 11.8 Å². The fourth-order valence-electron chi connectivity index (χ4n) is 3.48. The first-order chi connectivity index (χ1) is 13.0. The molecule has 5 heteroatoms. The molecule has 0 fully saturated rings. The van der Waals surface area contributed by atoms with Crippen molar-refractivity contribution in [1.29, 1.82) is 0 Å². The second kappa shape index (κ2) is 7.96. The van der Waals surface area contributed by atoms with Crippen LogP contribution in [-0.2, 0) is 9.53 Å². The fraction of sp³-hybridized carbons (Fsp3) is 0.273. The van der Waals surface area contributed by atoms with Crippen LogP contribution in [0.4, 0.5) is 4.79 Å². The van der Waals surface area contributed by atoms with Crippen molar-refractivity contribution in [3.63, 3.8) is 0 Å². The number of hydrogen-bond donors (Lipinski definition) is 2. The van der Waals surface area contributed by atoms with E-state index in [1.807, 2.05) is 36.4 Å². The Labute approximate surface area is 158 Å². The van der Waals surface area contributed by atoms with E-state index in [-0.39, 0.29) is 12.5 Å². The number of nitrogens with one attached hydrogen (secondary N) is 1. The number of rotatable bonds is 5. The second-order valence-corrected chi connectivity index (χ2v) is 6.47. The maximum atomic E-state index is 12.2. The first kappa shape index (κ1) is 18.5. The third-order valence-corrected chi connectivity index (χ3v) is 4.76. The minimum Gasteiger partial charge on any atom is -0.480 e. The lowest BCUT2D eigenvalue weighted by Gasteiger charge is -2.19. The van der Waals surface area contributed by atoms with Crippen molar-refractivity contribution in [1.82, 2.24) is 5.32 Å². The predicted octanol–water partition coefficient (Wildman–Crippen LogP) is 3.64. The molecule has 1 amide bonds. The molecule has 27 heavy (non-hydrogen) atoms. The van der Waals surface area contributed by atoms with Gasteiger partial charge in [-0.25, -0.2) is 9.59 Å². The topological polar surface area (TPSA) is 75.6 Å². The number of aliphatic carboxylic acids is 1. The summed E-state index contributed by atoms with van der Waals surface area (Å²) in [5.74, 6) is 3.69. The van der Waals surface area contributed by atoms with Crippen molar-refractivity contribution in [2.24, 2.45) is 5.92 Å². The quantitative estimate of drug-likeness (QED) is 0.796. The van der Waals surface area contributed by atoms with E-state index in [2.05, 4.69) is 29.3 Å². The van der Waals surface area contributed by atoms with Gasteiger partial charge in [-0.05, 0) is 36.1 Å². The van der Waals surface area contributed by atoms with Crippen molar-refractivity contribution in [2.75, 3.05) is 6.61 Å². The van der Waals surface area contributed by atoms with Crippen LogP contribution in [0.5, 0.6) is 0 Å². The molecular weight excluding hydrogens is 342 g/mol. The number of benzene rings is 2. The molecule has 138 valence electrons. The maximum Gasteiger partial charge on any atom is 0.407 e. The normalized spacial score (nSPS) is 14.1. The zero-order chi connectivity index (χ0) is 19.4. The summed E-state index contributed by atoms with van der Waals surface area (Å²) in [6.45, 7) is 3.42. The second-order valence-electron chi connectivity index (χ2n) is 6.47. The van der Waals surface area contributed by atoms with Gasteiger partial charge in [-0.2, -0.15) is 0 Å². The highest BCUT2D eigenvalue weighted by atomic mass is 16.5. The van der Waals surface area contributed by atoms with Crippen molar-refractivity contribution in [3.05, 3.63) is 59.7 Å². The van der Waals surface area contributed by atoms with Crippen molar-refractivity contribution >= 4 is 12.1 Å². The number of carbonyl (C=O) groups is 2. The van der Waals surface area contributed by atoms with Gasteiger partial charge in [-0.15, -0.1) is 5.92 Å². The summed E-state index contributed by atoms with van der Waals surface area (Å²) in [5.41, 5.74) is 4.48. The number of carboxylic acid groups (broad SMARTS) is 1. The van der Waals surface area contributed by atoms with E-state index in [9.17, 15) is 14.7 Å². The Morgan fingerprint density at radius 1 is 1.11 bits per heavy atom. The van der Waals surface area contributed by atoms with Crippen LogP contribution >= 0.6 is 0 Å². The standard InChI is InChI=1S/C22H21NO4/c1-3-8-14(2)20(21(24)25)23-22(26)27-13-19-17-11-6-4-9-15(17)16-10-5-7-12-18(16)19/h4-7,9-12,14,19-20H,13H2,1-2H3,(H,23,26)(H,24,25)/t14-,20-/m1/s1. The van der Waals surface area contributed by atoms with Gasteiger partial charge in [0.25, 0.3) is 0 Å². The average Bonchev–Trinajstić information content (AvgIpc) is 2.98. The lowest BCUT2D eigenvalue weighted by Crippen LogP contribution is -2.45. The van der Waals surface area contributed by atoms with E-state index in [0.717, 1.165) is 22.3 Å². The predicted molar refractivity (Wildman–Crippen MR) is 102 cm³/mol. The zero-order valence-electron chi connectivity index (χ0n) is 15.2. The zero-order valence-corrected chi connectivity index (χ0v) is 15.2. The van der Waals surface area contributed by atoms with Crippen LogP contribution in [0, 0.1) is 17.8 Å². The van der Waals surface area contributed by atoms with Crippen molar-refractivity contribution in [2.45, 2.75) is 25.8 Å². The molecule has 0 saturated carbocycles. The third kappa shape index (κ3) is 3.80. The molecule has 1 aliphatic carbocycles. The first-order valence-electron chi connectivity index (χ1n) is 8.79. The molecule has 0 spiro atoms. The van der Waals surface area contributed by atoms with Crippen molar-refractivity contribution in [3.8, 4) is 23.0 Å². The van der Waals surface area contributed by atoms with Crippen LogP contribution in [0.15, 0.2) is 48.5 Å². The Balaban J connectivity index is 1.72. The summed E-state index contributed by atoms with van der Waals surface area (Å²) >= 11 is 0. The lowest BCUT2D eigenvalue weighted by atomic mass is 9.98. The van der Waals surface area contributed by atoms with Crippen LogP contribution in [0.2, 0.25) is 0 Å². The summed E-state index contributed by atoms with van der Waals surface area (Å²) in [4.78, 5) is 23.6. The number of carbonyl (C=O) groups excluding carboxylic acids is 1. The van der Waals surface area contributed by atoms with Crippen LogP contribution in [0.3, 0.4) is 0 Å². The number of fused-ring (bicyclic) bond motifs is 3. The van der Waals surface area contributed by atoms with Gasteiger partial charge >= 0.3 is 12.1 Å². The van der Waals surface area contributed by atoms with Gasteiger partial charge in [0.1, 0.15) is 12.6 Å². The maximum absolute atomic E-state index is 12.2. The van der Waals surface area contributed by atoms with E-state index in [1.54, 1.807) is 13.8 Å². The van der Waals surface area contributed by atoms with Gasteiger partial charge in [-0.3, -0.25) is 0 Å². The largest absolute Gasteiger partial charge is 0.480 e. The molecule has 0 heterocycles. The Morgan fingerprint density at radius 3 is 2.19 bits per heavy atom. The minimum atomic E-state index is -1.14. The summed E-state index contributed by atoms with van der Waals surface area (Å²) < 4.78 is 5.39. The van der Waals surface area contributed by atoms with E-state index in [4.69, 9.17) is 4.74 Å². The van der Waals surface area contributed by atoms with Gasteiger partial charge in [0.15, 0.2) is 0 Å². The summed E-state index contributed by atoms with van der Waals surface area (Å²) in [6, 6.07) is 14.9. The van der Waals surface area contributed by atoms with Crippen LogP contribution in [-0.4, -0.2) is 29.8 Å². The Morgan fingerprint density at radius 2 is 1.67 bits per heavy atom. The molecule has 3 rings (SSSR count). The Hall–Kier alpha value is -3.26. The number of amides is 1. The smallest absolute Gasteiger partial charge is 0.407 e. The minimum absolute atomic E-state index is 0.0701. The summed E-state index contributed by atoms with van der Waals surface area (Å²) in [7, 11) is 0. The lowest BCUT2D eigenvalue weighted by molar-refractivity contribution is -0.140. The summed E-state index contributed by atoms with van der Waals surface area (Å²) in [6.07, 6.45) is -0.756. The number of hydrogen-bond acceptors (Lipinski definition) is 3. The molecule has 0 aliphatic heterocycles. The van der Waals surface area contributed by atoms with Gasteiger partial charge < -0.3 is 15.2 Å². The molecule has 2 atom stereocenters. The number of carboxylic acids is 1. The number of ether oxygens (including phenoxy) is 1. The van der Waals surface area contributed by atoms with Crippen molar-refractivity contribution < 1.29 is 19.4 Å². The van der Waals surface area contributed by atoms with Crippen LogP contribution in [0.1, 0.15) is 30.9 Å². The Kier molecular flexibility index (Phi) is 5.46. The van der Waals surface area contributed by atoms with E-state index < -0.39 is 24.0 Å². The van der Waals surface area contributed by atoms with Gasteiger partial charge in [-0.1, -0.05) is 54.5 Å². The molecule has 2 aromatic rings. The molecule has 1 aliphatic rings. The first-order valence-corrected chi connectivity index (χ1v) is 8.79. The highest BCUT2D eigenvalue weighted by Gasteiger charge is 2.30. The molecule has 0 bridgehead atoms.